The number of aromatic nitrogens is 5. The van der Waals surface area contributed by atoms with Gasteiger partial charge in [-0.1, -0.05) is 6.07 Å². The van der Waals surface area contributed by atoms with E-state index < -0.39 is 0 Å². The Kier molecular flexibility index (Phi) is 2.42. The predicted molar refractivity (Wildman–Crippen MR) is 74.7 cm³/mol. The quantitative estimate of drug-likeness (QED) is 0.702. The van der Waals surface area contributed by atoms with Crippen LogP contribution < -0.4 is 4.90 Å². The zero-order chi connectivity index (χ0) is 13.5. The first kappa shape index (κ1) is 11.3. The van der Waals surface area contributed by atoms with E-state index in [1.807, 2.05) is 37.4 Å². The van der Waals surface area contributed by atoms with Gasteiger partial charge in [-0.3, -0.25) is 4.40 Å². The van der Waals surface area contributed by atoms with E-state index in [4.69, 9.17) is 0 Å². The lowest BCUT2D eigenvalue weighted by Gasteiger charge is -2.39. The molecule has 6 nitrogen and oxygen atoms in total. The van der Waals surface area contributed by atoms with Crippen molar-refractivity contribution in [2.75, 3.05) is 18.0 Å². The van der Waals surface area contributed by atoms with Crippen molar-refractivity contribution in [3.05, 3.63) is 48.3 Å². The number of anilines is 1. The predicted octanol–water partition coefficient (Wildman–Crippen LogP) is 1.43. The van der Waals surface area contributed by atoms with Gasteiger partial charge < -0.3 is 4.90 Å². The van der Waals surface area contributed by atoms with Crippen molar-refractivity contribution in [3.63, 3.8) is 0 Å². The van der Waals surface area contributed by atoms with Gasteiger partial charge in [-0.05, 0) is 19.1 Å². The van der Waals surface area contributed by atoms with E-state index >= 15 is 0 Å². The molecule has 1 fully saturated rings. The molecular formula is C14H14N6. The average Bonchev–Trinajstić information content (AvgIpc) is 2.82. The van der Waals surface area contributed by atoms with Crippen molar-refractivity contribution < 1.29 is 0 Å². The molecule has 0 atom stereocenters. The number of rotatable bonds is 2. The molecule has 1 aliphatic heterocycles. The van der Waals surface area contributed by atoms with Gasteiger partial charge in [0.2, 0.25) is 0 Å². The minimum absolute atomic E-state index is 0.405. The van der Waals surface area contributed by atoms with Gasteiger partial charge in [0, 0.05) is 31.0 Å². The fourth-order valence-electron chi connectivity index (χ4n) is 2.58. The summed E-state index contributed by atoms with van der Waals surface area (Å²) in [5, 5.41) is 8.52. The van der Waals surface area contributed by atoms with E-state index in [2.05, 4.69) is 29.5 Å². The Morgan fingerprint density at radius 1 is 1.15 bits per heavy atom. The minimum Gasteiger partial charge on any atom is -0.355 e. The molecule has 0 unspecified atom stereocenters. The number of fused-ring (bicyclic) bond motifs is 1. The number of pyridine rings is 1. The largest absolute Gasteiger partial charge is 0.355 e. The highest BCUT2D eigenvalue weighted by atomic mass is 15.3. The highest BCUT2D eigenvalue weighted by molar-refractivity contribution is 5.45. The maximum Gasteiger partial charge on any atom is 0.160 e. The summed E-state index contributed by atoms with van der Waals surface area (Å²) in [5.41, 5.74) is 1.89. The van der Waals surface area contributed by atoms with Crippen LogP contribution in [0.25, 0.3) is 5.65 Å². The van der Waals surface area contributed by atoms with Gasteiger partial charge in [-0.15, -0.1) is 10.2 Å². The van der Waals surface area contributed by atoms with Crippen LogP contribution in [0.5, 0.6) is 0 Å². The third-order valence-electron chi connectivity index (χ3n) is 3.70. The van der Waals surface area contributed by atoms with E-state index in [0.29, 0.717) is 5.92 Å². The standard InChI is InChI=1S/C14H14N6/c1-10-6-13(16-9-15-10)19-7-11(8-19)14-18-17-12-4-2-3-5-20(12)14/h2-6,9,11H,7-8H2,1H3. The molecule has 0 bridgehead atoms. The summed E-state index contributed by atoms with van der Waals surface area (Å²) in [6, 6.07) is 7.97. The van der Waals surface area contributed by atoms with Gasteiger partial charge in [-0.25, -0.2) is 9.97 Å². The molecule has 0 amide bonds. The second-order valence-electron chi connectivity index (χ2n) is 5.11. The van der Waals surface area contributed by atoms with Crippen LogP contribution in [0.2, 0.25) is 0 Å². The lowest BCUT2D eigenvalue weighted by molar-refractivity contribution is 0.492. The molecule has 3 aromatic rings. The molecule has 0 spiro atoms. The molecule has 100 valence electrons. The van der Waals surface area contributed by atoms with Crippen LogP contribution in [0.3, 0.4) is 0 Å². The summed E-state index contributed by atoms with van der Waals surface area (Å²) in [4.78, 5) is 10.7. The lowest BCUT2D eigenvalue weighted by atomic mass is 9.99. The highest BCUT2D eigenvalue weighted by Gasteiger charge is 2.32. The van der Waals surface area contributed by atoms with Gasteiger partial charge in [0.05, 0.1) is 5.92 Å². The summed E-state index contributed by atoms with van der Waals surface area (Å²) in [6.07, 6.45) is 3.63. The van der Waals surface area contributed by atoms with Crippen molar-refractivity contribution >= 4 is 11.5 Å². The maximum atomic E-state index is 4.32. The molecule has 4 heterocycles. The third-order valence-corrected chi connectivity index (χ3v) is 3.70. The first-order chi connectivity index (χ1) is 9.81. The maximum absolute atomic E-state index is 4.32. The highest BCUT2D eigenvalue weighted by Crippen LogP contribution is 2.29. The van der Waals surface area contributed by atoms with Gasteiger partial charge in [-0.2, -0.15) is 0 Å². The van der Waals surface area contributed by atoms with Crippen molar-refractivity contribution in [3.8, 4) is 0 Å². The zero-order valence-corrected chi connectivity index (χ0v) is 11.1. The molecule has 0 aliphatic carbocycles. The van der Waals surface area contributed by atoms with Crippen LogP contribution in [-0.2, 0) is 0 Å². The summed E-state index contributed by atoms with van der Waals surface area (Å²) in [6.45, 7) is 3.83. The van der Waals surface area contributed by atoms with Crippen molar-refractivity contribution in [2.24, 2.45) is 0 Å². The molecule has 20 heavy (non-hydrogen) atoms. The number of nitrogens with zero attached hydrogens (tertiary/aromatic N) is 6. The third kappa shape index (κ3) is 1.72. The fourth-order valence-corrected chi connectivity index (χ4v) is 2.58. The molecule has 0 aromatic carbocycles. The molecule has 0 N–H and O–H groups in total. The van der Waals surface area contributed by atoms with Gasteiger partial charge >= 0.3 is 0 Å². The molecule has 6 heteroatoms. The van der Waals surface area contributed by atoms with E-state index in [0.717, 1.165) is 36.1 Å². The Balaban J connectivity index is 1.56. The van der Waals surface area contributed by atoms with E-state index in [-0.39, 0.29) is 0 Å². The lowest BCUT2D eigenvalue weighted by Crippen LogP contribution is -2.46. The fraction of sp³-hybridized carbons (Fsp3) is 0.286. The van der Waals surface area contributed by atoms with E-state index in [1.54, 1.807) is 6.33 Å². The number of hydrogen-bond donors (Lipinski definition) is 0. The topological polar surface area (TPSA) is 59.2 Å². The molecule has 1 aliphatic rings. The summed E-state index contributed by atoms with van der Waals surface area (Å²) < 4.78 is 2.06. The molecule has 1 saturated heterocycles. The number of hydrogen-bond acceptors (Lipinski definition) is 5. The molecule has 0 radical (unpaired) electrons. The zero-order valence-electron chi connectivity index (χ0n) is 11.1. The Labute approximate surface area is 116 Å². The van der Waals surface area contributed by atoms with E-state index in [9.17, 15) is 0 Å². The van der Waals surface area contributed by atoms with E-state index in [1.165, 1.54) is 0 Å². The molecule has 4 rings (SSSR count). The van der Waals surface area contributed by atoms with Gasteiger partial charge in [0.25, 0.3) is 0 Å². The van der Waals surface area contributed by atoms with Crippen molar-refractivity contribution in [2.45, 2.75) is 12.8 Å². The van der Waals surface area contributed by atoms with Crippen LogP contribution >= 0.6 is 0 Å². The van der Waals surface area contributed by atoms with Crippen LogP contribution in [0.1, 0.15) is 17.4 Å². The molecule has 3 aromatic heterocycles. The average molecular weight is 266 g/mol. The molecular weight excluding hydrogens is 252 g/mol. The monoisotopic (exact) mass is 266 g/mol. The van der Waals surface area contributed by atoms with Crippen molar-refractivity contribution in [1.82, 2.24) is 24.6 Å². The summed E-state index contributed by atoms with van der Waals surface area (Å²) >= 11 is 0. The van der Waals surface area contributed by atoms with Gasteiger partial charge in [0.1, 0.15) is 18.0 Å². The van der Waals surface area contributed by atoms with Crippen LogP contribution in [-0.4, -0.2) is 37.7 Å². The Morgan fingerprint density at radius 3 is 2.90 bits per heavy atom. The first-order valence-electron chi connectivity index (χ1n) is 6.64. The SMILES string of the molecule is Cc1cc(N2CC(c3nnc4ccccn34)C2)ncn1. The van der Waals surface area contributed by atoms with Crippen LogP contribution in [0.4, 0.5) is 5.82 Å². The normalized spacial score (nSPS) is 15.6. The first-order valence-corrected chi connectivity index (χ1v) is 6.64. The Bertz CT molecular complexity index is 759. The minimum atomic E-state index is 0.405. The molecule has 0 saturated carbocycles. The number of aryl methyl sites for hydroxylation is 1. The summed E-state index contributed by atoms with van der Waals surface area (Å²) in [7, 11) is 0. The Hall–Kier alpha value is -2.50. The van der Waals surface area contributed by atoms with Gasteiger partial charge in [0.15, 0.2) is 5.65 Å². The van der Waals surface area contributed by atoms with Crippen LogP contribution in [0, 0.1) is 6.92 Å². The van der Waals surface area contributed by atoms with Crippen molar-refractivity contribution in [1.29, 1.82) is 0 Å². The second-order valence-corrected chi connectivity index (χ2v) is 5.11. The summed E-state index contributed by atoms with van der Waals surface area (Å²) in [5.74, 6) is 2.42. The second kappa shape index (κ2) is 4.26. The Morgan fingerprint density at radius 2 is 2.05 bits per heavy atom. The smallest absolute Gasteiger partial charge is 0.160 e. The van der Waals surface area contributed by atoms with Crippen LogP contribution in [0.15, 0.2) is 36.8 Å².